The first-order valence-electron chi connectivity index (χ1n) is 7.31. The van der Waals surface area contributed by atoms with Gasteiger partial charge in [-0.05, 0) is 48.0 Å². The number of carbonyl (C=O) groups excluding carboxylic acids is 2. The molecule has 0 radical (unpaired) electrons. The van der Waals surface area contributed by atoms with Crippen LogP contribution in [0.15, 0.2) is 54.6 Å². The molecule has 0 bridgehead atoms. The molecular weight excluding hydrogens is 354 g/mol. The molecule has 0 aliphatic carbocycles. The number of alkyl halides is 3. The van der Waals surface area contributed by atoms with E-state index in [9.17, 15) is 27.2 Å². The highest BCUT2D eigenvalue weighted by atomic mass is 19.4. The average Bonchev–Trinajstić information content (AvgIpc) is 2.59. The van der Waals surface area contributed by atoms with Crippen LogP contribution in [0.2, 0.25) is 0 Å². The maximum atomic E-state index is 12.7. The zero-order valence-corrected chi connectivity index (χ0v) is 13.2. The molecule has 0 fully saturated rings. The van der Waals surface area contributed by atoms with Crippen molar-refractivity contribution in [3.63, 3.8) is 0 Å². The van der Waals surface area contributed by atoms with Gasteiger partial charge in [0.05, 0.1) is 5.56 Å². The van der Waals surface area contributed by atoms with Crippen molar-refractivity contribution in [1.82, 2.24) is 0 Å². The number of amides is 1. The lowest BCUT2D eigenvalue weighted by Crippen LogP contribution is -2.20. The van der Waals surface area contributed by atoms with E-state index >= 15 is 0 Å². The summed E-state index contributed by atoms with van der Waals surface area (Å²) in [4.78, 5) is 23.1. The standard InChI is InChI=1S/C18H13F4NO3/c19-14-6-1-12(2-7-14)3-10-17(25)26-11-16(24)23-15-8-4-13(5-9-15)18(20,21)22/h1-10H,11H2,(H,23,24). The monoisotopic (exact) mass is 367 g/mol. The summed E-state index contributed by atoms with van der Waals surface area (Å²) >= 11 is 0. The Bertz CT molecular complexity index is 797. The van der Waals surface area contributed by atoms with Crippen LogP contribution in [0, 0.1) is 5.82 Å². The van der Waals surface area contributed by atoms with Crippen LogP contribution in [0.4, 0.5) is 23.2 Å². The molecule has 26 heavy (non-hydrogen) atoms. The van der Waals surface area contributed by atoms with Gasteiger partial charge in [0.2, 0.25) is 0 Å². The van der Waals surface area contributed by atoms with Crippen LogP contribution in [0.1, 0.15) is 11.1 Å². The van der Waals surface area contributed by atoms with E-state index in [-0.39, 0.29) is 5.69 Å². The van der Waals surface area contributed by atoms with Gasteiger partial charge in [0.1, 0.15) is 5.82 Å². The summed E-state index contributed by atoms with van der Waals surface area (Å²) in [6.07, 6.45) is -2.01. The number of anilines is 1. The molecule has 2 aromatic rings. The Morgan fingerprint density at radius 2 is 1.62 bits per heavy atom. The van der Waals surface area contributed by atoms with Gasteiger partial charge in [0.15, 0.2) is 6.61 Å². The first kappa shape index (κ1) is 19.2. The Morgan fingerprint density at radius 1 is 1.00 bits per heavy atom. The first-order chi connectivity index (χ1) is 12.2. The second-order valence-electron chi connectivity index (χ2n) is 5.12. The summed E-state index contributed by atoms with van der Waals surface area (Å²) in [5, 5.41) is 2.31. The number of carbonyl (C=O) groups is 2. The molecule has 8 heteroatoms. The second kappa shape index (κ2) is 8.28. The van der Waals surface area contributed by atoms with Crippen LogP contribution in [-0.2, 0) is 20.5 Å². The maximum Gasteiger partial charge on any atom is 0.416 e. The van der Waals surface area contributed by atoms with E-state index in [1.54, 1.807) is 0 Å². The van der Waals surface area contributed by atoms with Gasteiger partial charge < -0.3 is 10.1 Å². The molecule has 0 heterocycles. The minimum absolute atomic E-state index is 0.140. The Balaban J connectivity index is 1.80. The number of rotatable bonds is 5. The third-order valence-corrected chi connectivity index (χ3v) is 3.12. The van der Waals surface area contributed by atoms with Gasteiger partial charge >= 0.3 is 12.1 Å². The van der Waals surface area contributed by atoms with E-state index in [1.807, 2.05) is 0 Å². The van der Waals surface area contributed by atoms with Crippen molar-refractivity contribution in [2.45, 2.75) is 6.18 Å². The highest BCUT2D eigenvalue weighted by molar-refractivity contribution is 5.94. The number of nitrogens with one attached hydrogen (secondary N) is 1. The van der Waals surface area contributed by atoms with E-state index in [0.29, 0.717) is 5.56 Å². The highest BCUT2D eigenvalue weighted by Crippen LogP contribution is 2.29. The fourth-order valence-corrected chi connectivity index (χ4v) is 1.86. The minimum atomic E-state index is -4.46. The lowest BCUT2D eigenvalue weighted by Gasteiger charge is -2.08. The van der Waals surface area contributed by atoms with Gasteiger partial charge in [0.25, 0.3) is 5.91 Å². The third-order valence-electron chi connectivity index (χ3n) is 3.12. The topological polar surface area (TPSA) is 55.4 Å². The van der Waals surface area contributed by atoms with Crippen molar-refractivity contribution in [1.29, 1.82) is 0 Å². The normalized spacial score (nSPS) is 11.4. The molecule has 2 aromatic carbocycles. The molecule has 0 aromatic heterocycles. The SMILES string of the molecule is O=C(COC(=O)C=Cc1ccc(F)cc1)Nc1ccc(C(F)(F)F)cc1. The van der Waals surface area contributed by atoms with E-state index in [0.717, 1.165) is 30.3 Å². The molecule has 0 aliphatic heterocycles. The fraction of sp³-hybridized carbons (Fsp3) is 0.111. The van der Waals surface area contributed by atoms with Crippen LogP contribution in [0.3, 0.4) is 0 Å². The Kier molecular flexibility index (Phi) is 6.11. The Morgan fingerprint density at radius 3 is 2.19 bits per heavy atom. The molecule has 0 aliphatic rings. The molecule has 136 valence electrons. The van der Waals surface area contributed by atoms with Crippen molar-refractivity contribution >= 4 is 23.6 Å². The predicted molar refractivity (Wildman–Crippen MR) is 86.5 cm³/mol. The van der Waals surface area contributed by atoms with Crippen molar-refractivity contribution in [3.05, 3.63) is 71.6 Å². The van der Waals surface area contributed by atoms with E-state index in [2.05, 4.69) is 5.32 Å². The maximum absolute atomic E-state index is 12.7. The summed E-state index contributed by atoms with van der Waals surface area (Å²) in [5.41, 5.74) is -0.133. The fourth-order valence-electron chi connectivity index (χ4n) is 1.86. The van der Waals surface area contributed by atoms with E-state index < -0.39 is 36.0 Å². The van der Waals surface area contributed by atoms with Crippen molar-refractivity contribution < 1.29 is 31.9 Å². The van der Waals surface area contributed by atoms with Crippen molar-refractivity contribution in [2.24, 2.45) is 0 Å². The molecule has 1 amide bonds. The van der Waals surface area contributed by atoms with E-state index in [1.165, 1.54) is 30.3 Å². The molecule has 0 spiro atoms. The first-order valence-corrected chi connectivity index (χ1v) is 7.31. The molecule has 4 nitrogen and oxygen atoms in total. The quantitative estimate of drug-likeness (QED) is 0.493. The Hall–Kier alpha value is -3.16. The van der Waals surface area contributed by atoms with Gasteiger partial charge in [-0.3, -0.25) is 4.79 Å². The lowest BCUT2D eigenvalue weighted by atomic mass is 10.2. The van der Waals surface area contributed by atoms with Gasteiger partial charge in [0, 0.05) is 11.8 Å². The zero-order chi connectivity index (χ0) is 19.2. The molecule has 0 atom stereocenters. The van der Waals surface area contributed by atoms with Gasteiger partial charge in [-0.15, -0.1) is 0 Å². The number of halogens is 4. The third kappa shape index (κ3) is 6.04. The van der Waals surface area contributed by atoms with Crippen molar-refractivity contribution in [3.8, 4) is 0 Å². The van der Waals surface area contributed by atoms with Crippen LogP contribution < -0.4 is 5.32 Å². The summed E-state index contributed by atoms with van der Waals surface area (Å²) in [6, 6.07) is 9.20. The Labute approximate surface area is 146 Å². The summed E-state index contributed by atoms with van der Waals surface area (Å²) in [5.74, 6) is -1.91. The van der Waals surface area contributed by atoms with Crippen LogP contribution >= 0.6 is 0 Å². The largest absolute Gasteiger partial charge is 0.452 e. The van der Waals surface area contributed by atoms with E-state index in [4.69, 9.17) is 4.74 Å². The molecule has 0 saturated carbocycles. The summed E-state index contributed by atoms with van der Waals surface area (Å²) in [6.45, 7) is -0.604. The molecular formula is C18H13F4NO3. The van der Waals surface area contributed by atoms with Crippen molar-refractivity contribution in [2.75, 3.05) is 11.9 Å². The van der Waals surface area contributed by atoms with Crippen LogP contribution in [-0.4, -0.2) is 18.5 Å². The highest BCUT2D eigenvalue weighted by Gasteiger charge is 2.29. The molecule has 1 N–H and O–H groups in total. The van der Waals surface area contributed by atoms with Crippen LogP contribution in [0.25, 0.3) is 6.08 Å². The van der Waals surface area contributed by atoms with Gasteiger partial charge in [-0.25, -0.2) is 9.18 Å². The van der Waals surface area contributed by atoms with Crippen LogP contribution in [0.5, 0.6) is 0 Å². The van der Waals surface area contributed by atoms with Gasteiger partial charge in [-0.2, -0.15) is 13.2 Å². The zero-order valence-electron chi connectivity index (χ0n) is 13.2. The smallest absolute Gasteiger partial charge is 0.416 e. The number of hydrogen-bond acceptors (Lipinski definition) is 3. The summed E-state index contributed by atoms with van der Waals surface area (Å²) < 4.78 is 54.8. The number of hydrogen-bond donors (Lipinski definition) is 1. The lowest BCUT2D eigenvalue weighted by molar-refractivity contribution is -0.142. The predicted octanol–water partition coefficient (Wildman–Crippen LogP) is 4.04. The number of benzene rings is 2. The number of esters is 1. The second-order valence-corrected chi connectivity index (χ2v) is 5.12. The average molecular weight is 367 g/mol. The molecule has 0 unspecified atom stereocenters. The minimum Gasteiger partial charge on any atom is -0.452 e. The molecule has 0 saturated heterocycles. The summed E-state index contributed by atoms with van der Waals surface area (Å²) in [7, 11) is 0. The van der Waals surface area contributed by atoms with Gasteiger partial charge in [-0.1, -0.05) is 12.1 Å². The molecule has 2 rings (SSSR count). The number of ether oxygens (including phenoxy) is 1.